The summed E-state index contributed by atoms with van der Waals surface area (Å²) in [6, 6.07) is 6.20. The van der Waals surface area contributed by atoms with Crippen LogP contribution in [0, 0.1) is 5.92 Å². The highest BCUT2D eigenvalue weighted by Crippen LogP contribution is 2.24. The molecule has 1 aromatic rings. The number of anilines is 1. The second kappa shape index (κ2) is 8.53. The lowest BCUT2D eigenvalue weighted by molar-refractivity contribution is -0.130. The molecule has 2 N–H and O–H groups in total. The molecule has 1 aliphatic carbocycles. The summed E-state index contributed by atoms with van der Waals surface area (Å²) in [5.74, 6) is -0.697. The van der Waals surface area contributed by atoms with Crippen molar-refractivity contribution in [2.24, 2.45) is 5.92 Å². The smallest absolute Gasteiger partial charge is 0.341 e. The first-order chi connectivity index (χ1) is 12.2. The number of carbonyl (C=O) groups is 2. The number of para-hydroxylation sites is 1. The standard InChI is InChI=1S/C18H26N2O5S/c1-12-8-4-6-10-15(12)19-17(21)13(2)25-18(22)14-9-5-7-11-16(14)20-26(3,23)24/h5,7,9,11-13,15,20H,4,6,8,10H2,1-3H3,(H,19,21)/t12-,13-,15-/m0/s1. The van der Waals surface area contributed by atoms with Crippen molar-refractivity contribution < 1.29 is 22.7 Å². The van der Waals surface area contributed by atoms with Crippen LogP contribution in [0.5, 0.6) is 0 Å². The summed E-state index contributed by atoms with van der Waals surface area (Å²) >= 11 is 0. The minimum absolute atomic E-state index is 0.0589. The normalized spacial score (nSPS) is 21.5. The summed E-state index contributed by atoms with van der Waals surface area (Å²) in [5, 5.41) is 2.95. The quantitative estimate of drug-likeness (QED) is 0.735. The van der Waals surface area contributed by atoms with Gasteiger partial charge in [0.2, 0.25) is 10.0 Å². The van der Waals surface area contributed by atoms with Crippen molar-refractivity contribution in [3.8, 4) is 0 Å². The highest BCUT2D eigenvalue weighted by Gasteiger charge is 2.27. The molecule has 1 aromatic carbocycles. The number of nitrogens with one attached hydrogen (secondary N) is 2. The van der Waals surface area contributed by atoms with Gasteiger partial charge >= 0.3 is 5.97 Å². The number of hydrogen-bond acceptors (Lipinski definition) is 5. The minimum atomic E-state index is -3.54. The van der Waals surface area contributed by atoms with Gasteiger partial charge in [0, 0.05) is 6.04 Å². The van der Waals surface area contributed by atoms with Crippen molar-refractivity contribution in [1.29, 1.82) is 0 Å². The van der Waals surface area contributed by atoms with Gasteiger partial charge in [-0.2, -0.15) is 0 Å². The van der Waals surface area contributed by atoms with Crippen molar-refractivity contribution in [2.45, 2.75) is 51.7 Å². The van der Waals surface area contributed by atoms with Gasteiger partial charge in [-0.05, 0) is 37.8 Å². The molecule has 1 fully saturated rings. The predicted molar refractivity (Wildman–Crippen MR) is 99.3 cm³/mol. The number of hydrogen-bond donors (Lipinski definition) is 2. The third-order valence-corrected chi connectivity index (χ3v) is 5.13. The Morgan fingerprint density at radius 1 is 1.19 bits per heavy atom. The van der Waals surface area contributed by atoms with E-state index in [1.165, 1.54) is 25.5 Å². The van der Waals surface area contributed by atoms with Crippen molar-refractivity contribution >= 4 is 27.6 Å². The first-order valence-corrected chi connectivity index (χ1v) is 10.6. The zero-order chi connectivity index (χ0) is 19.3. The fourth-order valence-corrected chi connectivity index (χ4v) is 3.64. The van der Waals surface area contributed by atoms with E-state index in [9.17, 15) is 18.0 Å². The zero-order valence-electron chi connectivity index (χ0n) is 15.3. The SMILES string of the molecule is C[C@H](OC(=O)c1ccccc1NS(C)(=O)=O)C(=O)N[C@H]1CCCC[C@@H]1C. The number of carbonyl (C=O) groups excluding carboxylic acids is 2. The number of rotatable bonds is 6. The van der Waals surface area contributed by atoms with Gasteiger partial charge in [0.05, 0.1) is 17.5 Å². The summed E-state index contributed by atoms with van der Waals surface area (Å²) < 4.78 is 30.4. The summed E-state index contributed by atoms with van der Waals surface area (Å²) in [4.78, 5) is 24.7. The molecule has 0 saturated heterocycles. The molecular weight excluding hydrogens is 356 g/mol. The molecule has 0 bridgehead atoms. The van der Waals surface area contributed by atoms with E-state index in [1.54, 1.807) is 12.1 Å². The predicted octanol–water partition coefficient (Wildman–Crippen LogP) is 2.30. The van der Waals surface area contributed by atoms with Crippen LogP contribution in [0.25, 0.3) is 0 Å². The van der Waals surface area contributed by atoms with Crippen LogP contribution in [0.1, 0.15) is 49.9 Å². The van der Waals surface area contributed by atoms with Crippen LogP contribution >= 0.6 is 0 Å². The third-order valence-electron chi connectivity index (χ3n) is 4.53. The number of ether oxygens (including phenoxy) is 1. The van der Waals surface area contributed by atoms with Gasteiger partial charge in [-0.3, -0.25) is 9.52 Å². The van der Waals surface area contributed by atoms with Gasteiger partial charge in [-0.1, -0.05) is 31.9 Å². The van der Waals surface area contributed by atoms with E-state index in [2.05, 4.69) is 17.0 Å². The molecule has 7 nitrogen and oxygen atoms in total. The van der Waals surface area contributed by atoms with E-state index in [1.807, 2.05) is 0 Å². The minimum Gasteiger partial charge on any atom is -0.449 e. The first-order valence-electron chi connectivity index (χ1n) is 8.75. The van der Waals surface area contributed by atoms with Gasteiger partial charge in [0.15, 0.2) is 6.10 Å². The second-order valence-electron chi connectivity index (χ2n) is 6.84. The van der Waals surface area contributed by atoms with Crippen molar-refractivity contribution in [3.05, 3.63) is 29.8 Å². The number of benzene rings is 1. The Kier molecular flexibility index (Phi) is 6.63. The Morgan fingerprint density at radius 2 is 1.85 bits per heavy atom. The largest absolute Gasteiger partial charge is 0.449 e. The van der Waals surface area contributed by atoms with Crippen LogP contribution < -0.4 is 10.0 Å². The van der Waals surface area contributed by atoms with Crippen LogP contribution in [-0.2, 0) is 19.6 Å². The summed E-state index contributed by atoms with van der Waals surface area (Å²) in [6.07, 6.45) is 4.27. The summed E-state index contributed by atoms with van der Waals surface area (Å²) in [7, 11) is -3.54. The van der Waals surface area contributed by atoms with Crippen LogP contribution in [0.3, 0.4) is 0 Å². The van der Waals surface area contributed by atoms with Crippen LogP contribution in [-0.4, -0.2) is 38.7 Å². The van der Waals surface area contributed by atoms with Gasteiger partial charge in [-0.25, -0.2) is 13.2 Å². The molecule has 0 spiro atoms. The van der Waals surface area contributed by atoms with Crippen LogP contribution in [0.4, 0.5) is 5.69 Å². The number of amides is 1. The fraction of sp³-hybridized carbons (Fsp3) is 0.556. The van der Waals surface area contributed by atoms with Gasteiger partial charge < -0.3 is 10.1 Å². The van der Waals surface area contributed by atoms with Crippen molar-refractivity contribution in [3.63, 3.8) is 0 Å². The fourth-order valence-electron chi connectivity index (χ4n) is 3.06. The van der Waals surface area contributed by atoms with E-state index < -0.39 is 22.1 Å². The second-order valence-corrected chi connectivity index (χ2v) is 8.59. The molecule has 8 heteroatoms. The molecule has 0 aliphatic heterocycles. The highest BCUT2D eigenvalue weighted by atomic mass is 32.2. The third kappa shape index (κ3) is 5.72. The Balaban J connectivity index is 2.01. The maximum Gasteiger partial charge on any atom is 0.341 e. The van der Waals surface area contributed by atoms with E-state index in [0.717, 1.165) is 25.5 Å². The Hall–Kier alpha value is -2.09. The first kappa shape index (κ1) is 20.2. The molecule has 0 unspecified atom stereocenters. The lowest BCUT2D eigenvalue weighted by atomic mass is 9.86. The summed E-state index contributed by atoms with van der Waals surface area (Å²) in [5.41, 5.74) is 0.178. The molecule has 0 radical (unpaired) electrons. The topological polar surface area (TPSA) is 102 Å². The van der Waals surface area contributed by atoms with Crippen LogP contribution in [0.15, 0.2) is 24.3 Å². The molecule has 2 rings (SSSR count). The average Bonchev–Trinajstić information content (AvgIpc) is 2.55. The Labute approximate surface area is 154 Å². The molecule has 26 heavy (non-hydrogen) atoms. The van der Waals surface area contributed by atoms with E-state index in [-0.39, 0.29) is 23.2 Å². The van der Waals surface area contributed by atoms with E-state index >= 15 is 0 Å². The molecule has 1 amide bonds. The Morgan fingerprint density at radius 3 is 2.50 bits per heavy atom. The van der Waals surface area contributed by atoms with Crippen molar-refractivity contribution in [1.82, 2.24) is 5.32 Å². The maximum absolute atomic E-state index is 12.4. The average molecular weight is 382 g/mol. The van der Waals surface area contributed by atoms with Crippen molar-refractivity contribution in [2.75, 3.05) is 11.0 Å². The van der Waals surface area contributed by atoms with Gasteiger partial charge in [0.25, 0.3) is 5.91 Å². The monoisotopic (exact) mass is 382 g/mol. The lowest BCUT2D eigenvalue weighted by Gasteiger charge is -2.30. The molecule has 1 aliphatic rings. The summed E-state index contributed by atoms with van der Waals surface area (Å²) in [6.45, 7) is 3.61. The molecule has 3 atom stereocenters. The molecular formula is C18H26N2O5S. The number of sulfonamides is 1. The molecule has 0 heterocycles. The Bertz CT molecular complexity index is 763. The van der Waals surface area contributed by atoms with Gasteiger partial charge in [0.1, 0.15) is 0 Å². The lowest BCUT2D eigenvalue weighted by Crippen LogP contribution is -2.46. The maximum atomic E-state index is 12.4. The van der Waals surface area contributed by atoms with E-state index in [0.29, 0.717) is 5.92 Å². The molecule has 144 valence electrons. The molecule has 1 saturated carbocycles. The van der Waals surface area contributed by atoms with Gasteiger partial charge in [-0.15, -0.1) is 0 Å². The zero-order valence-corrected chi connectivity index (χ0v) is 16.1. The van der Waals surface area contributed by atoms with E-state index in [4.69, 9.17) is 4.74 Å². The molecule has 0 aromatic heterocycles. The van der Waals surface area contributed by atoms with Crippen LogP contribution in [0.2, 0.25) is 0 Å². The highest BCUT2D eigenvalue weighted by molar-refractivity contribution is 7.92. The number of esters is 1.